The molecule has 5 aromatic rings. The summed E-state index contributed by atoms with van der Waals surface area (Å²) in [7, 11) is 3.27. The van der Waals surface area contributed by atoms with Crippen LogP contribution in [0.4, 0.5) is 4.39 Å². The average molecular weight is 494 g/mol. The van der Waals surface area contributed by atoms with Crippen molar-refractivity contribution in [3.63, 3.8) is 0 Å². The molecule has 9 heteroatoms. The van der Waals surface area contributed by atoms with E-state index in [1.807, 2.05) is 6.07 Å². The zero-order chi connectivity index (χ0) is 24.0. The van der Waals surface area contributed by atoms with Crippen LogP contribution in [0.5, 0.6) is 0 Å². The van der Waals surface area contributed by atoms with Gasteiger partial charge in [-0.1, -0.05) is 52.7 Å². The van der Waals surface area contributed by atoms with Crippen LogP contribution >= 0.6 is 23.2 Å². The lowest BCUT2D eigenvalue weighted by Gasteiger charge is -2.26. The maximum absolute atomic E-state index is 17.2. The molecule has 3 aromatic heterocycles. The van der Waals surface area contributed by atoms with Crippen LogP contribution in [-0.2, 0) is 19.8 Å². The molecule has 2 aromatic carbocycles. The Morgan fingerprint density at radius 1 is 0.941 bits per heavy atom. The number of nitrogens with zero attached hydrogens (tertiary/aromatic N) is 5. The first-order valence-electron chi connectivity index (χ1n) is 10.4. The first kappa shape index (κ1) is 22.3. The average Bonchev–Trinajstić information content (AvgIpc) is 3.27. The highest BCUT2D eigenvalue weighted by Gasteiger charge is 2.41. The normalized spacial score (nSPS) is 13.2. The second-order valence-corrected chi connectivity index (χ2v) is 8.81. The smallest absolute Gasteiger partial charge is 0.251 e. The molecular formula is C25H18Cl2FN5O. The van der Waals surface area contributed by atoms with Crippen LogP contribution in [0.1, 0.15) is 17.0 Å². The molecule has 0 aliphatic carbocycles. The molecule has 0 saturated carbocycles. The van der Waals surface area contributed by atoms with Crippen LogP contribution in [0.15, 0.2) is 77.7 Å². The Kier molecular flexibility index (Phi) is 5.46. The highest BCUT2D eigenvalue weighted by molar-refractivity contribution is 6.31. The number of alkyl halides is 1. The molecule has 0 amide bonds. The topological polar surface area (TPSA) is 65.6 Å². The van der Waals surface area contributed by atoms with E-state index in [1.165, 1.54) is 21.5 Å². The minimum absolute atomic E-state index is 0.120. The van der Waals surface area contributed by atoms with Crippen molar-refractivity contribution in [2.75, 3.05) is 0 Å². The molecule has 0 bridgehead atoms. The van der Waals surface area contributed by atoms with Gasteiger partial charge in [-0.15, -0.1) is 5.10 Å². The Morgan fingerprint density at radius 3 is 2.38 bits per heavy atom. The molecule has 3 heterocycles. The maximum Gasteiger partial charge on any atom is 0.251 e. The van der Waals surface area contributed by atoms with Crippen molar-refractivity contribution >= 4 is 34.2 Å². The number of hydrogen-bond acceptors (Lipinski definition) is 4. The monoisotopic (exact) mass is 493 g/mol. The third-order valence-corrected chi connectivity index (χ3v) is 6.37. The van der Waals surface area contributed by atoms with E-state index in [4.69, 9.17) is 28.2 Å². The molecule has 1 atom stereocenters. The Morgan fingerprint density at radius 2 is 1.71 bits per heavy atom. The number of pyridine rings is 2. The summed E-state index contributed by atoms with van der Waals surface area (Å²) in [5.74, 6) is 0. The van der Waals surface area contributed by atoms with E-state index in [0.29, 0.717) is 37.8 Å². The van der Waals surface area contributed by atoms with Crippen molar-refractivity contribution < 1.29 is 4.39 Å². The predicted molar refractivity (Wildman–Crippen MR) is 131 cm³/mol. The Labute approximate surface area is 204 Å². The summed E-state index contributed by atoms with van der Waals surface area (Å²) in [6, 6.07) is 18.3. The highest BCUT2D eigenvalue weighted by Crippen LogP contribution is 2.41. The van der Waals surface area contributed by atoms with Gasteiger partial charge in [0.1, 0.15) is 5.69 Å². The second kappa shape index (κ2) is 8.34. The van der Waals surface area contributed by atoms with Crippen molar-refractivity contribution in [3.8, 4) is 11.1 Å². The summed E-state index contributed by atoms with van der Waals surface area (Å²) in [6.45, 7) is 0. The molecule has 0 N–H and O–H groups in total. The fraction of sp³-hybridized carbons (Fsp3) is 0.120. The van der Waals surface area contributed by atoms with Gasteiger partial charge in [-0.3, -0.25) is 4.79 Å². The number of benzene rings is 2. The Balaban J connectivity index is 1.84. The van der Waals surface area contributed by atoms with Crippen LogP contribution in [0.3, 0.4) is 0 Å². The summed E-state index contributed by atoms with van der Waals surface area (Å²) in [4.78, 5) is 17.4. The molecule has 170 valence electrons. The zero-order valence-corrected chi connectivity index (χ0v) is 19.7. The van der Waals surface area contributed by atoms with Crippen LogP contribution < -0.4 is 5.56 Å². The van der Waals surface area contributed by atoms with E-state index in [2.05, 4.69) is 10.3 Å². The minimum atomic E-state index is -2.18. The maximum atomic E-state index is 17.2. The highest BCUT2D eigenvalue weighted by atomic mass is 35.5. The van der Waals surface area contributed by atoms with Crippen molar-refractivity contribution in [2.45, 2.75) is 5.67 Å². The summed E-state index contributed by atoms with van der Waals surface area (Å²) >= 11 is 12.3. The molecule has 5 rings (SSSR count). The van der Waals surface area contributed by atoms with Crippen LogP contribution in [0.25, 0.3) is 22.2 Å². The van der Waals surface area contributed by atoms with Crippen LogP contribution in [0.2, 0.25) is 10.0 Å². The lowest BCUT2D eigenvalue weighted by molar-refractivity contribution is 0.257. The van der Waals surface area contributed by atoms with Gasteiger partial charge in [0.2, 0.25) is 5.67 Å². The third kappa shape index (κ3) is 3.57. The molecule has 6 nitrogen and oxygen atoms in total. The number of hydrogen-bond donors (Lipinski definition) is 0. The van der Waals surface area contributed by atoms with Gasteiger partial charge in [-0.25, -0.2) is 14.1 Å². The predicted octanol–water partition coefficient (Wildman–Crippen LogP) is 5.30. The number of aromatic nitrogens is 5. The molecule has 0 aliphatic heterocycles. The van der Waals surface area contributed by atoms with E-state index in [0.717, 1.165) is 0 Å². The van der Waals surface area contributed by atoms with Gasteiger partial charge < -0.3 is 4.57 Å². The molecule has 0 fully saturated rings. The largest absolute Gasteiger partial charge is 0.310 e. The van der Waals surface area contributed by atoms with E-state index >= 15 is 4.39 Å². The van der Waals surface area contributed by atoms with Gasteiger partial charge in [-0.05, 0) is 42.0 Å². The van der Waals surface area contributed by atoms with E-state index in [1.54, 1.807) is 68.7 Å². The lowest BCUT2D eigenvalue weighted by atomic mass is 9.88. The van der Waals surface area contributed by atoms with Gasteiger partial charge in [0.15, 0.2) is 0 Å². The third-order valence-electron chi connectivity index (χ3n) is 5.89. The fourth-order valence-corrected chi connectivity index (χ4v) is 4.42. The number of fused-ring (bicyclic) bond motifs is 1. The Bertz CT molecular complexity index is 1600. The molecule has 0 saturated heterocycles. The van der Waals surface area contributed by atoms with Crippen molar-refractivity contribution in [2.24, 2.45) is 14.1 Å². The first-order chi connectivity index (χ1) is 16.3. The summed E-state index contributed by atoms with van der Waals surface area (Å²) in [6.07, 6.45) is 1.37. The number of rotatable bonds is 4. The fourth-order valence-electron chi connectivity index (χ4n) is 4.10. The minimum Gasteiger partial charge on any atom is -0.310 e. The molecular weight excluding hydrogens is 476 g/mol. The molecule has 0 aliphatic rings. The molecule has 0 spiro atoms. The molecule has 1 unspecified atom stereocenters. The van der Waals surface area contributed by atoms with Crippen molar-refractivity contribution in [3.05, 3.63) is 110 Å². The zero-order valence-electron chi connectivity index (χ0n) is 18.2. The van der Waals surface area contributed by atoms with Gasteiger partial charge in [-0.2, -0.15) is 0 Å². The van der Waals surface area contributed by atoms with Gasteiger partial charge in [0.25, 0.3) is 5.56 Å². The summed E-state index contributed by atoms with van der Waals surface area (Å²) in [5, 5.41) is 8.81. The Hall–Kier alpha value is -3.55. The van der Waals surface area contributed by atoms with E-state index in [9.17, 15) is 4.79 Å². The lowest BCUT2D eigenvalue weighted by Crippen LogP contribution is -2.28. The second-order valence-electron chi connectivity index (χ2n) is 7.94. The van der Waals surface area contributed by atoms with Crippen LogP contribution in [-0.4, -0.2) is 24.5 Å². The molecule has 0 radical (unpaired) electrons. The van der Waals surface area contributed by atoms with E-state index < -0.39 is 5.67 Å². The first-order valence-corrected chi connectivity index (χ1v) is 11.1. The van der Waals surface area contributed by atoms with E-state index in [-0.39, 0.29) is 16.9 Å². The summed E-state index contributed by atoms with van der Waals surface area (Å²) in [5.41, 5.74) is 0.547. The quantitative estimate of drug-likeness (QED) is 0.340. The van der Waals surface area contributed by atoms with Crippen molar-refractivity contribution in [1.29, 1.82) is 0 Å². The van der Waals surface area contributed by atoms with Crippen LogP contribution in [0, 0.1) is 0 Å². The standard InChI is InChI=1S/C25H18Cl2FN5O/c1-32-20-10-11-21(30-24(20)19(13-23(32)34)15-4-3-5-18(27)12-15)25(28,22-14-29-31-33(22)2)16-6-8-17(26)9-7-16/h3-14H,1-2H3. The number of halogens is 3. The molecule has 34 heavy (non-hydrogen) atoms. The van der Waals surface area contributed by atoms with Gasteiger partial charge >= 0.3 is 0 Å². The summed E-state index contributed by atoms with van der Waals surface area (Å²) < 4.78 is 20.1. The number of aryl methyl sites for hydroxylation is 2. The SMILES string of the molecule is Cn1nncc1C(F)(c1ccc(Cl)cc1)c1ccc2c(n1)c(-c1cccc(Cl)c1)cc(=O)n2C. The van der Waals surface area contributed by atoms with Gasteiger partial charge in [0, 0.05) is 41.3 Å². The van der Waals surface area contributed by atoms with Crippen molar-refractivity contribution in [1.82, 2.24) is 24.5 Å². The van der Waals surface area contributed by atoms with Gasteiger partial charge in [0.05, 0.1) is 22.9 Å².